The maximum atomic E-state index is 11.6. The number of carbonyl (C=O) groups excluding carboxylic acids is 1. The lowest BCUT2D eigenvalue weighted by Gasteiger charge is -2.45. The van der Waals surface area contributed by atoms with Gasteiger partial charge in [0.25, 0.3) is 0 Å². The molecule has 3 heteroatoms. The van der Waals surface area contributed by atoms with Gasteiger partial charge in [0.2, 0.25) is 0 Å². The molecule has 0 saturated carbocycles. The van der Waals surface area contributed by atoms with Crippen molar-refractivity contribution in [2.45, 2.75) is 38.7 Å². The minimum absolute atomic E-state index is 0.396. The number of ether oxygens (including phenoxy) is 1. The third kappa shape index (κ3) is 2.72. The molecule has 1 heterocycles. The summed E-state index contributed by atoms with van der Waals surface area (Å²) in [4.78, 5) is 11.6. The van der Waals surface area contributed by atoms with Crippen molar-refractivity contribution in [3.8, 4) is 0 Å². The third-order valence-corrected chi connectivity index (χ3v) is 3.66. The van der Waals surface area contributed by atoms with Crippen molar-refractivity contribution in [1.29, 1.82) is 0 Å². The Morgan fingerprint density at radius 2 is 2.00 bits per heavy atom. The summed E-state index contributed by atoms with van der Waals surface area (Å²) in [6, 6.07) is 9.73. The van der Waals surface area contributed by atoms with Crippen LogP contribution in [-0.2, 0) is 16.0 Å². The lowest BCUT2D eigenvalue weighted by molar-refractivity contribution is -0.325. The molecule has 1 saturated heterocycles. The van der Waals surface area contributed by atoms with E-state index in [1.54, 1.807) is 0 Å². The van der Waals surface area contributed by atoms with Crippen LogP contribution in [-0.4, -0.2) is 18.2 Å². The van der Waals surface area contributed by atoms with Crippen LogP contribution in [0, 0.1) is 5.41 Å². The van der Waals surface area contributed by atoms with Crippen LogP contribution in [0.1, 0.15) is 32.3 Å². The standard InChI is InChI=1S/C15H20O3/c1-14(2)11-15(13(16)17,8-9-18-14)10-12-6-4-3-5-7-12/h3-7H,8-11H2,1-2H3,(H,16,17)/p-1/t15-/m0/s1. The van der Waals surface area contributed by atoms with Gasteiger partial charge in [-0.1, -0.05) is 30.3 Å². The SMILES string of the molecule is CC1(C)C[C@](Cc2ccccc2)(C(=O)[O-])CCO1. The Morgan fingerprint density at radius 1 is 1.33 bits per heavy atom. The molecule has 1 aromatic rings. The minimum atomic E-state index is -0.956. The molecule has 0 aromatic heterocycles. The summed E-state index contributed by atoms with van der Waals surface area (Å²) in [5.41, 5.74) is -0.157. The lowest BCUT2D eigenvalue weighted by atomic mass is 9.70. The number of hydrogen-bond acceptors (Lipinski definition) is 3. The van der Waals surface area contributed by atoms with Crippen molar-refractivity contribution >= 4 is 5.97 Å². The Balaban J connectivity index is 2.25. The van der Waals surface area contributed by atoms with E-state index in [0.29, 0.717) is 25.9 Å². The van der Waals surface area contributed by atoms with Crippen LogP contribution in [0.15, 0.2) is 30.3 Å². The largest absolute Gasteiger partial charge is 0.550 e. The molecule has 0 N–H and O–H groups in total. The molecule has 1 fully saturated rings. The highest BCUT2D eigenvalue weighted by Gasteiger charge is 2.42. The summed E-state index contributed by atoms with van der Waals surface area (Å²) in [7, 11) is 0. The van der Waals surface area contributed by atoms with E-state index in [1.165, 1.54) is 0 Å². The van der Waals surface area contributed by atoms with E-state index in [2.05, 4.69) is 0 Å². The van der Waals surface area contributed by atoms with Crippen LogP contribution < -0.4 is 5.11 Å². The van der Waals surface area contributed by atoms with Crippen molar-refractivity contribution in [2.24, 2.45) is 5.41 Å². The molecule has 1 atom stereocenters. The van der Waals surface area contributed by atoms with Gasteiger partial charge in [-0.3, -0.25) is 0 Å². The van der Waals surface area contributed by atoms with Gasteiger partial charge in [-0.05, 0) is 38.7 Å². The molecular formula is C15H19O3-. The number of carbonyl (C=O) groups is 1. The molecule has 3 nitrogen and oxygen atoms in total. The summed E-state index contributed by atoms with van der Waals surface area (Å²) < 4.78 is 5.62. The summed E-state index contributed by atoms with van der Waals surface area (Å²) in [5, 5.41) is 11.6. The molecule has 0 bridgehead atoms. The van der Waals surface area contributed by atoms with Crippen molar-refractivity contribution in [1.82, 2.24) is 0 Å². The molecule has 0 unspecified atom stereocenters. The molecule has 0 spiro atoms. The fraction of sp³-hybridized carbons (Fsp3) is 0.533. The van der Waals surface area contributed by atoms with Crippen molar-refractivity contribution < 1.29 is 14.6 Å². The zero-order valence-electron chi connectivity index (χ0n) is 10.9. The Morgan fingerprint density at radius 3 is 2.56 bits per heavy atom. The smallest absolute Gasteiger partial charge is 0.0635 e. The van der Waals surface area contributed by atoms with Gasteiger partial charge >= 0.3 is 0 Å². The Bertz CT molecular complexity index is 425. The average Bonchev–Trinajstić information content (AvgIpc) is 2.28. The van der Waals surface area contributed by atoms with E-state index in [-0.39, 0.29) is 0 Å². The average molecular weight is 247 g/mol. The highest BCUT2D eigenvalue weighted by molar-refractivity contribution is 5.73. The highest BCUT2D eigenvalue weighted by atomic mass is 16.5. The molecule has 18 heavy (non-hydrogen) atoms. The third-order valence-electron chi connectivity index (χ3n) is 3.66. The first-order valence-corrected chi connectivity index (χ1v) is 6.33. The maximum absolute atomic E-state index is 11.6. The predicted octanol–water partition coefficient (Wildman–Crippen LogP) is 1.55. The second kappa shape index (κ2) is 4.73. The summed E-state index contributed by atoms with van der Waals surface area (Å²) in [6.45, 7) is 4.36. The molecule has 1 aromatic carbocycles. The normalized spacial score (nSPS) is 26.8. The second-order valence-electron chi connectivity index (χ2n) is 5.77. The summed E-state index contributed by atoms with van der Waals surface area (Å²) in [6.07, 6.45) is 1.54. The first kappa shape index (κ1) is 13.1. The Kier molecular flexibility index (Phi) is 3.44. The maximum Gasteiger partial charge on any atom is 0.0635 e. The minimum Gasteiger partial charge on any atom is -0.550 e. The Hall–Kier alpha value is -1.35. The number of carboxylic acids is 1. The van der Waals surface area contributed by atoms with Gasteiger partial charge in [-0.2, -0.15) is 0 Å². The molecule has 2 rings (SSSR count). The molecule has 0 aliphatic carbocycles. The zero-order chi connectivity index (χ0) is 13.2. The van der Waals surface area contributed by atoms with Gasteiger partial charge in [-0.25, -0.2) is 0 Å². The lowest BCUT2D eigenvalue weighted by Crippen LogP contribution is -2.52. The Labute approximate surface area is 108 Å². The van der Waals surface area contributed by atoms with Crippen LogP contribution in [0.4, 0.5) is 0 Å². The predicted molar refractivity (Wildman–Crippen MR) is 66.9 cm³/mol. The monoisotopic (exact) mass is 247 g/mol. The molecule has 98 valence electrons. The zero-order valence-corrected chi connectivity index (χ0v) is 10.9. The number of aliphatic carboxylic acids is 1. The van der Waals surface area contributed by atoms with E-state index in [0.717, 1.165) is 5.56 Å². The van der Waals surface area contributed by atoms with Crippen molar-refractivity contribution in [2.75, 3.05) is 6.61 Å². The number of hydrogen-bond donors (Lipinski definition) is 0. The second-order valence-corrected chi connectivity index (χ2v) is 5.77. The highest BCUT2D eigenvalue weighted by Crippen LogP contribution is 2.41. The van der Waals surface area contributed by atoms with Gasteiger partial charge in [0.15, 0.2) is 0 Å². The van der Waals surface area contributed by atoms with Crippen LogP contribution >= 0.6 is 0 Å². The number of carboxylic acid groups (broad SMARTS) is 1. The van der Waals surface area contributed by atoms with Gasteiger partial charge in [-0.15, -0.1) is 0 Å². The van der Waals surface area contributed by atoms with E-state index in [9.17, 15) is 9.90 Å². The topological polar surface area (TPSA) is 49.4 Å². The molecule has 1 aliphatic heterocycles. The molecule has 0 radical (unpaired) electrons. The van der Waals surface area contributed by atoms with Crippen molar-refractivity contribution in [3.05, 3.63) is 35.9 Å². The fourth-order valence-electron chi connectivity index (χ4n) is 2.86. The summed E-state index contributed by atoms with van der Waals surface area (Å²) in [5.74, 6) is -0.956. The van der Waals surface area contributed by atoms with Gasteiger partial charge in [0.1, 0.15) is 0 Å². The van der Waals surface area contributed by atoms with Crippen LogP contribution in [0.25, 0.3) is 0 Å². The molecular weight excluding hydrogens is 228 g/mol. The molecule has 1 aliphatic rings. The van der Waals surface area contributed by atoms with E-state index < -0.39 is 17.0 Å². The fourth-order valence-corrected chi connectivity index (χ4v) is 2.86. The van der Waals surface area contributed by atoms with Gasteiger partial charge in [0, 0.05) is 18.0 Å². The van der Waals surface area contributed by atoms with E-state index in [4.69, 9.17) is 4.74 Å². The van der Waals surface area contributed by atoms with Crippen LogP contribution in [0.5, 0.6) is 0 Å². The van der Waals surface area contributed by atoms with E-state index in [1.807, 2.05) is 44.2 Å². The van der Waals surface area contributed by atoms with Gasteiger partial charge < -0.3 is 14.6 Å². The first-order valence-electron chi connectivity index (χ1n) is 6.33. The van der Waals surface area contributed by atoms with Crippen LogP contribution in [0.3, 0.4) is 0 Å². The quantitative estimate of drug-likeness (QED) is 0.814. The first-order chi connectivity index (χ1) is 8.44. The summed E-state index contributed by atoms with van der Waals surface area (Å²) >= 11 is 0. The number of rotatable bonds is 3. The number of benzene rings is 1. The van der Waals surface area contributed by atoms with Gasteiger partial charge in [0.05, 0.1) is 5.60 Å². The van der Waals surface area contributed by atoms with Crippen molar-refractivity contribution in [3.63, 3.8) is 0 Å². The van der Waals surface area contributed by atoms with Crippen LogP contribution in [0.2, 0.25) is 0 Å². The molecule has 0 amide bonds. The van der Waals surface area contributed by atoms with E-state index >= 15 is 0 Å².